The van der Waals surface area contributed by atoms with Gasteiger partial charge in [0, 0.05) is 18.2 Å². The number of fused-ring (bicyclic) bond motifs is 2. The van der Waals surface area contributed by atoms with Crippen molar-refractivity contribution in [1.29, 1.82) is 0 Å². The summed E-state index contributed by atoms with van der Waals surface area (Å²) in [7, 11) is 0. The molecule has 2 atom stereocenters. The molecular formula is C16H23NO. The minimum atomic E-state index is 0.364. The predicted molar refractivity (Wildman–Crippen MR) is 75.4 cm³/mol. The van der Waals surface area contributed by atoms with Gasteiger partial charge < -0.3 is 10.1 Å². The maximum atomic E-state index is 6.06. The summed E-state index contributed by atoms with van der Waals surface area (Å²) in [5, 5.41) is 3.65. The van der Waals surface area contributed by atoms with E-state index in [-0.39, 0.29) is 0 Å². The highest BCUT2D eigenvalue weighted by Crippen LogP contribution is 2.39. The van der Waals surface area contributed by atoms with Crippen LogP contribution in [0.1, 0.15) is 38.8 Å². The molecule has 0 aromatic heterocycles. The van der Waals surface area contributed by atoms with Crippen LogP contribution in [0.2, 0.25) is 0 Å². The van der Waals surface area contributed by atoms with Crippen molar-refractivity contribution in [3.8, 4) is 5.75 Å². The van der Waals surface area contributed by atoms with E-state index in [1.165, 1.54) is 16.8 Å². The highest BCUT2D eigenvalue weighted by molar-refractivity contribution is 5.63. The molecule has 3 rings (SSSR count). The topological polar surface area (TPSA) is 21.3 Å². The number of hydrogen-bond donors (Lipinski definition) is 1. The molecule has 0 saturated carbocycles. The SMILES string of the molecule is CC(C)C1Cc2cc3c(cc2N1)CC(C(C)C)O3. The summed E-state index contributed by atoms with van der Waals surface area (Å²) in [5.74, 6) is 2.39. The van der Waals surface area contributed by atoms with Gasteiger partial charge in [0.25, 0.3) is 0 Å². The van der Waals surface area contributed by atoms with Crippen molar-refractivity contribution in [1.82, 2.24) is 0 Å². The van der Waals surface area contributed by atoms with Crippen LogP contribution in [0.25, 0.3) is 0 Å². The average Bonchev–Trinajstić information content (AvgIpc) is 2.87. The predicted octanol–water partition coefficient (Wildman–Crippen LogP) is 3.64. The lowest BCUT2D eigenvalue weighted by Gasteiger charge is -2.15. The van der Waals surface area contributed by atoms with Crippen LogP contribution in [0.5, 0.6) is 5.75 Å². The van der Waals surface area contributed by atoms with E-state index < -0.39 is 0 Å². The van der Waals surface area contributed by atoms with Gasteiger partial charge in [-0.15, -0.1) is 0 Å². The van der Waals surface area contributed by atoms with E-state index in [9.17, 15) is 0 Å². The number of ether oxygens (including phenoxy) is 1. The van der Waals surface area contributed by atoms with Gasteiger partial charge in [-0.25, -0.2) is 0 Å². The van der Waals surface area contributed by atoms with Gasteiger partial charge in [-0.1, -0.05) is 27.7 Å². The van der Waals surface area contributed by atoms with Gasteiger partial charge in [0.1, 0.15) is 11.9 Å². The molecule has 0 amide bonds. The molecule has 0 spiro atoms. The smallest absolute Gasteiger partial charge is 0.123 e. The molecule has 0 bridgehead atoms. The van der Waals surface area contributed by atoms with Crippen LogP contribution in [0.3, 0.4) is 0 Å². The van der Waals surface area contributed by atoms with Crippen molar-refractivity contribution >= 4 is 5.69 Å². The molecule has 2 heteroatoms. The van der Waals surface area contributed by atoms with Gasteiger partial charge in [-0.2, -0.15) is 0 Å². The number of nitrogens with one attached hydrogen (secondary N) is 1. The number of rotatable bonds is 2. The van der Waals surface area contributed by atoms with E-state index in [1.807, 2.05) is 0 Å². The highest BCUT2D eigenvalue weighted by atomic mass is 16.5. The Hall–Kier alpha value is -1.18. The molecule has 1 N–H and O–H groups in total. The summed E-state index contributed by atoms with van der Waals surface area (Å²) in [4.78, 5) is 0. The van der Waals surface area contributed by atoms with Crippen LogP contribution in [-0.4, -0.2) is 12.1 Å². The minimum Gasteiger partial charge on any atom is -0.490 e. The quantitative estimate of drug-likeness (QED) is 0.859. The van der Waals surface area contributed by atoms with E-state index in [2.05, 4.69) is 45.1 Å². The van der Waals surface area contributed by atoms with Gasteiger partial charge >= 0.3 is 0 Å². The molecule has 98 valence electrons. The Morgan fingerprint density at radius 1 is 1.06 bits per heavy atom. The first-order valence-electron chi connectivity index (χ1n) is 7.13. The molecule has 2 aliphatic rings. The third kappa shape index (κ3) is 1.88. The first kappa shape index (κ1) is 11.9. The third-order valence-electron chi connectivity index (χ3n) is 4.31. The first-order valence-corrected chi connectivity index (χ1v) is 7.13. The lowest BCUT2D eigenvalue weighted by atomic mass is 9.98. The van der Waals surface area contributed by atoms with E-state index in [1.54, 1.807) is 0 Å². The normalized spacial score (nSPS) is 25.0. The lowest BCUT2D eigenvalue weighted by molar-refractivity contribution is 0.178. The lowest BCUT2D eigenvalue weighted by Crippen LogP contribution is -2.22. The van der Waals surface area contributed by atoms with Crippen LogP contribution >= 0.6 is 0 Å². The molecule has 0 saturated heterocycles. The second kappa shape index (κ2) is 4.18. The molecule has 2 unspecified atom stereocenters. The second-order valence-electron chi connectivity index (χ2n) is 6.42. The van der Waals surface area contributed by atoms with Crippen LogP contribution in [0.4, 0.5) is 5.69 Å². The van der Waals surface area contributed by atoms with Crippen molar-refractivity contribution in [2.24, 2.45) is 11.8 Å². The Morgan fingerprint density at radius 3 is 2.50 bits per heavy atom. The van der Waals surface area contributed by atoms with E-state index in [0.29, 0.717) is 24.0 Å². The standard InChI is InChI=1S/C16H23NO/c1-9(2)13-5-11-7-16-12(6-14(11)17-13)8-15(18-16)10(3)4/h6-7,9-10,13,15,17H,5,8H2,1-4H3. The van der Waals surface area contributed by atoms with Gasteiger partial charge in [0.05, 0.1) is 0 Å². The largest absolute Gasteiger partial charge is 0.490 e. The van der Waals surface area contributed by atoms with Crippen LogP contribution in [0, 0.1) is 11.8 Å². The van der Waals surface area contributed by atoms with Crippen molar-refractivity contribution in [2.45, 2.75) is 52.7 Å². The van der Waals surface area contributed by atoms with Crippen LogP contribution < -0.4 is 10.1 Å². The second-order valence-corrected chi connectivity index (χ2v) is 6.42. The fraction of sp³-hybridized carbons (Fsp3) is 0.625. The first-order chi connectivity index (χ1) is 8.54. The van der Waals surface area contributed by atoms with Gasteiger partial charge in [-0.3, -0.25) is 0 Å². The fourth-order valence-corrected chi connectivity index (χ4v) is 2.92. The molecule has 0 fully saturated rings. The molecular weight excluding hydrogens is 222 g/mol. The van der Waals surface area contributed by atoms with Crippen molar-refractivity contribution in [2.75, 3.05) is 5.32 Å². The monoisotopic (exact) mass is 245 g/mol. The molecule has 18 heavy (non-hydrogen) atoms. The summed E-state index contributed by atoms with van der Waals surface area (Å²) in [6.45, 7) is 9.03. The summed E-state index contributed by atoms with van der Waals surface area (Å²) >= 11 is 0. The van der Waals surface area contributed by atoms with E-state index in [4.69, 9.17) is 4.74 Å². The Morgan fingerprint density at radius 2 is 1.83 bits per heavy atom. The summed E-state index contributed by atoms with van der Waals surface area (Å²) in [6, 6.07) is 5.17. The van der Waals surface area contributed by atoms with E-state index >= 15 is 0 Å². The maximum Gasteiger partial charge on any atom is 0.123 e. The Labute approximate surface area is 110 Å². The third-order valence-corrected chi connectivity index (χ3v) is 4.31. The van der Waals surface area contributed by atoms with Crippen LogP contribution in [0.15, 0.2) is 12.1 Å². The Kier molecular flexibility index (Phi) is 2.76. The van der Waals surface area contributed by atoms with Gasteiger partial charge in [0.15, 0.2) is 0 Å². The summed E-state index contributed by atoms with van der Waals surface area (Å²) in [6.07, 6.45) is 2.56. The summed E-state index contributed by atoms with van der Waals surface area (Å²) in [5.41, 5.74) is 4.14. The molecule has 1 aromatic rings. The molecule has 2 heterocycles. The minimum absolute atomic E-state index is 0.364. The zero-order chi connectivity index (χ0) is 12.9. The van der Waals surface area contributed by atoms with Gasteiger partial charge in [-0.05, 0) is 41.5 Å². The zero-order valence-corrected chi connectivity index (χ0v) is 11.8. The fourth-order valence-electron chi connectivity index (χ4n) is 2.92. The highest BCUT2D eigenvalue weighted by Gasteiger charge is 2.30. The Balaban J connectivity index is 1.85. The average molecular weight is 245 g/mol. The molecule has 1 aromatic carbocycles. The van der Waals surface area contributed by atoms with Gasteiger partial charge in [0.2, 0.25) is 0 Å². The van der Waals surface area contributed by atoms with Crippen LogP contribution in [-0.2, 0) is 12.8 Å². The molecule has 2 aliphatic heterocycles. The van der Waals surface area contributed by atoms with Crippen molar-refractivity contribution in [3.63, 3.8) is 0 Å². The molecule has 2 nitrogen and oxygen atoms in total. The molecule has 0 radical (unpaired) electrons. The van der Waals surface area contributed by atoms with E-state index in [0.717, 1.165) is 18.6 Å². The van der Waals surface area contributed by atoms with Crippen molar-refractivity contribution < 1.29 is 4.74 Å². The number of benzene rings is 1. The Bertz CT molecular complexity index is 390. The zero-order valence-electron chi connectivity index (χ0n) is 11.8. The number of anilines is 1. The van der Waals surface area contributed by atoms with Crippen molar-refractivity contribution in [3.05, 3.63) is 23.3 Å². The molecule has 0 aliphatic carbocycles. The maximum absolute atomic E-state index is 6.06. The summed E-state index contributed by atoms with van der Waals surface area (Å²) < 4.78 is 6.06. The number of hydrogen-bond acceptors (Lipinski definition) is 2.